The van der Waals surface area contributed by atoms with Crippen LogP contribution in [0.2, 0.25) is 0 Å². The number of rotatable bonds is 1. The van der Waals surface area contributed by atoms with Crippen LogP contribution in [-0.4, -0.2) is 27.0 Å². The average molecular weight is 176 g/mol. The average Bonchev–Trinajstić information content (AvgIpc) is 2.16. The van der Waals surface area contributed by atoms with E-state index in [1.54, 1.807) is 6.20 Å². The Morgan fingerprint density at radius 1 is 1.31 bits per heavy atom. The predicted molar refractivity (Wildman–Crippen MR) is 47.4 cm³/mol. The van der Waals surface area contributed by atoms with Gasteiger partial charge in [-0.1, -0.05) is 0 Å². The number of aromatic nitrogens is 4. The summed E-state index contributed by atoms with van der Waals surface area (Å²) in [6.07, 6.45) is 3.23. The highest BCUT2D eigenvalue weighted by Gasteiger charge is 2.07. The number of fused-ring (bicyclic) bond motifs is 1. The molecule has 5 heteroatoms. The van der Waals surface area contributed by atoms with Gasteiger partial charge in [-0.15, -0.1) is 0 Å². The molecule has 0 saturated heterocycles. The summed E-state index contributed by atoms with van der Waals surface area (Å²) in [4.78, 5) is 16.5. The predicted octanol–water partition coefficient (Wildman–Crippen LogP) is -0.447. The molecule has 0 spiro atoms. The monoisotopic (exact) mass is 176 g/mol. The molecule has 0 aromatic carbocycles. The lowest BCUT2D eigenvalue weighted by atomic mass is 10.3. The van der Waals surface area contributed by atoms with Gasteiger partial charge in [0.15, 0.2) is 5.65 Å². The van der Waals surface area contributed by atoms with Crippen LogP contribution in [0.5, 0.6) is 0 Å². The molecule has 2 N–H and O–H groups in total. The third-order valence-corrected chi connectivity index (χ3v) is 1.79. The number of hydrogen-bond donors (Lipinski definition) is 1. The van der Waals surface area contributed by atoms with Gasteiger partial charge in [0.1, 0.15) is 17.5 Å². The van der Waals surface area contributed by atoms with E-state index in [1.807, 2.05) is 19.3 Å². The number of nitrogens with two attached hydrogens (primary N) is 1. The zero-order valence-electron chi connectivity index (χ0n) is 7.52. The molecule has 0 unspecified atom stereocenters. The molecule has 0 saturated carbocycles. The molecule has 0 radical (unpaired) electrons. The van der Waals surface area contributed by atoms with Crippen molar-refractivity contribution in [3.8, 4) is 0 Å². The molecule has 0 atom stereocenters. The van der Waals surface area contributed by atoms with Crippen LogP contribution in [0.25, 0.3) is 11.0 Å². The lowest BCUT2D eigenvalue weighted by molar-refractivity contribution is -0.541. The highest BCUT2D eigenvalue weighted by Crippen LogP contribution is 2.11. The van der Waals surface area contributed by atoms with Crippen molar-refractivity contribution in [2.45, 2.75) is 6.92 Å². The molecule has 66 valence electrons. The number of hydrogen-bond acceptors (Lipinski definition) is 4. The summed E-state index contributed by atoms with van der Waals surface area (Å²) >= 11 is 0. The van der Waals surface area contributed by atoms with Crippen LogP contribution in [0.15, 0.2) is 12.5 Å². The van der Waals surface area contributed by atoms with Crippen LogP contribution in [0.3, 0.4) is 0 Å². The van der Waals surface area contributed by atoms with Crippen molar-refractivity contribution < 1.29 is 5.32 Å². The zero-order valence-corrected chi connectivity index (χ0v) is 7.52. The first-order valence-corrected chi connectivity index (χ1v) is 4.05. The summed E-state index contributed by atoms with van der Waals surface area (Å²) < 4.78 is 0. The van der Waals surface area contributed by atoms with Crippen LogP contribution < -0.4 is 5.32 Å². The Bertz CT molecular complexity index is 439. The summed E-state index contributed by atoms with van der Waals surface area (Å²) in [7, 11) is 1.94. The van der Waals surface area contributed by atoms with Gasteiger partial charge >= 0.3 is 0 Å². The molecule has 2 aromatic rings. The highest BCUT2D eigenvalue weighted by atomic mass is 15.0. The molecule has 0 aliphatic rings. The van der Waals surface area contributed by atoms with E-state index < -0.39 is 0 Å². The number of aryl methyl sites for hydroxylation is 1. The van der Waals surface area contributed by atoms with Crippen LogP contribution in [0.1, 0.15) is 5.82 Å². The topological polar surface area (TPSA) is 68.2 Å². The van der Waals surface area contributed by atoms with Gasteiger partial charge < -0.3 is 0 Å². The van der Waals surface area contributed by atoms with E-state index in [9.17, 15) is 0 Å². The maximum atomic E-state index is 4.27. The first-order valence-electron chi connectivity index (χ1n) is 4.05. The molecule has 2 heterocycles. The molecule has 0 fully saturated rings. The Kier molecular flexibility index (Phi) is 1.86. The fourth-order valence-corrected chi connectivity index (χ4v) is 1.23. The maximum Gasteiger partial charge on any atom is 0.238 e. The fourth-order valence-electron chi connectivity index (χ4n) is 1.23. The molecular formula is C8H10N5+. The molecule has 2 aromatic heterocycles. The maximum absolute atomic E-state index is 4.27. The fraction of sp³-hybridized carbons (Fsp3) is 0.250. The van der Waals surface area contributed by atoms with E-state index in [4.69, 9.17) is 0 Å². The second kappa shape index (κ2) is 3.02. The van der Waals surface area contributed by atoms with Gasteiger partial charge in [0, 0.05) is 6.20 Å². The number of nitrogens with zero attached hydrogens (tertiary/aromatic N) is 4. The van der Waals surface area contributed by atoms with Crippen molar-refractivity contribution in [1.82, 2.24) is 19.9 Å². The minimum atomic E-state index is 0.704. The summed E-state index contributed by atoms with van der Waals surface area (Å²) in [5.74, 6) is 1.63. The Morgan fingerprint density at radius 2 is 2.15 bits per heavy atom. The van der Waals surface area contributed by atoms with Crippen LogP contribution >= 0.6 is 0 Å². The lowest BCUT2D eigenvalue weighted by Crippen LogP contribution is -2.73. The first kappa shape index (κ1) is 8.00. The van der Waals surface area contributed by atoms with Crippen molar-refractivity contribution in [3.05, 3.63) is 18.3 Å². The Morgan fingerprint density at radius 3 is 2.92 bits per heavy atom. The molecule has 0 aliphatic carbocycles. The highest BCUT2D eigenvalue weighted by molar-refractivity contribution is 5.81. The van der Waals surface area contributed by atoms with Crippen LogP contribution in [0.4, 0.5) is 5.82 Å². The van der Waals surface area contributed by atoms with Crippen LogP contribution in [-0.2, 0) is 0 Å². The summed E-state index contributed by atoms with van der Waals surface area (Å²) in [6.45, 7) is 1.86. The smallest absolute Gasteiger partial charge is 0.238 e. The minimum Gasteiger partial charge on any atom is -0.299 e. The molecule has 13 heavy (non-hydrogen) atoms. The Hall–Kier alpha value is -1.62. The van der Waals surface area contributed by atoms with Crippen molar-refractivity contribution in [3.63, 3.8) is 0 Å². The SMILES string of the molecule is C[NH2+]c1nc(C)nc2ncncc12. The van der Waals surface area contributed by atoms with Crippen molar-refractivity contribution in [2.24, 2.45) is 0 Å². The second-order valence-corrected chi connectivity index (χ2v) is 2.70. The summed E-state index contributed by atoms with van der Waals surface area (Å²) in [5, 5.41) is 2.83. The van der Waals surface area contributed by atoms with E-state index in [2.05, 4.69) is 19.9 Å². The molecule has 2 rings (SSSR count). The van der Waals surface area contributed by atoms with Crippen molar-refractivity contribution in [2.75, 3.05) is 7.05 Å². The van der Waals surface area contributed by atoms with Gasteiger partial charge in [-0.05, 0) is 6.92 Å². The molecule has 0 aliphatic heterocycles. The third-order valence-electron chi connectivity index (χ3n) is 1.79. The van der Waals surface area contributed by atoms with E-state index in [-0.39, 0.29) is 0 Å². The first-order chi connectivity index (χ1) is 6.31. The third kappa shape index (κ3) is 1.33. The second-order valence-electron chi connectivity index (χ2n) is 2.70. The van der Waals surface area contributed by atoms with Gasteiger partial charge in [0.25, 0.3) is 0 Å². The molecule has 0 amide bonds. The van der Waals surface area contributed by atoms with E-state index in [0.717, 1.165) is 17.0 Å². The summed E-state index contributed by atoms with van der Waals surface area (Å²) in [6, 6.07) is 0. The van der Waals surface area contributed by atoms with Gasteiger partial charge in [-0.2, -0.15) is 4.98 Å². The molecular weight excluding hydrogens is 166 g/mol. The van der Waals surface area contributed by atoms with E-state index >= 15 is 0 Å². The molecule has 5 nitrogen and oxygen atoms in total. The Balaban J connectivity index is 2.81. The van der Waals surface area contributed by atoms with Gasteiger partial charge in [0.05, 0.1) is 7.05 Å². The van der Waals surface area contributed by atoms with Crippen LogP contribution in [0, 0.1) is 6.92 Å². The van der Waals surface area contributed by atoms with Gasteiger partial charge in [0.2, 0.25) is 5.82 Å². The van der Waals surface area contributed by atoms with Gasteiger partial charge in [-0.25, -0.2) is 15.0 Å². The standard InChI is InChI=1S/C8H9N5/c1-5-12-7(9-2)6-3-10-4-11-8(6)13-5/h3-4H,1-2H3,(H,9,10,11,12,13)/p+1. The van der Waals surface area contributed by atoms with Crippen molar-refractivity contribution >= 4 is 16.9 Å². The largest absolute Gasteiger partial charge is 0.299 e. The van der Waals surface area contributed by atoms with E-state index in [1.165, 1.54) is 6.33 Å². The lowest BCUT2D eigenvalue weighted by Gasteiger charge is -1.99. The van der Waals surface area contributed by atoms with Gasteiger partial charge in [-0.3, -0.25) is 5.32 Å². The Labute approximate surface area is 75.3 Å². The zero-order chi connectivity index (χ0) is 9.26. The van der Waals surface area contributed by atoms with Crippen molar-refractivity contribution in [1.29, 1.82) is 0 Å². The quantitative estimate of drug-likeness (QED) is 0.639. The normalized spacial score (nSPS) is 10.6. The number of quaternary nitrogens is 1. The minimum absolute atomic E-state index is 0.704. The molecule has 0 bridgehead atoms. The van der Waals surface area contributed by atoms with E-state index in [0.29, 0.717) is 5.65 Å². The summed E-state index contributed by atoms with van der Waals surface area (Å²) in [5.41, 5.74) is 0.704.